The first-order valence-electron chi connectivity index (χ1n) is 18.1. The molecule has 0 aromatic heterocycles. The second-order valence-electron chi connectivity index (χ2n) is 14.2. The number of amides is 3. The van der Waals surface area contributed by atoms with Crippen molar-refractivity contribution in [3.63, 3.8) is 0 Å². The number of imide groups is 1. The van der Waals surface area contributed by atoms with Crippen LogP contribution in [0.1, 0.15) is 75.7 Å². The fourth-order valence-corrected chi connectivity index (χ4v) is 8.00. The topological polar surface area (TPSA) is 108 Å². The van der Waals surface area contributed by atoms with Gasteiger partial charge in [-0.2, -0.15) is 0 Å². The number of likely N-dealkylation sites (tertiary alicyclic amines) is 1. The first-order valence-corrected chi connectivity index (χ1v) is 18.1. The van der Waals surface area contributed by atoms with Crippen molar-refractivity contribution in [1.82, 2.24) is 15.1 Å². The second kappa shape index (κ2) is 14.6. The fourth-order valence-electron chi connectivity index (χ4n) is 8.00. The smallest absolute Gasteiger partial charge is 0.255 e. The minimum absolute atomic E-state index is 0.0976. The quantitative estimate of drug-likeness (QED) is 0.173. The normalized spacial score (nSPS) is 21.3. The Labute approximate surface area is 303 Å². The van der Waals surface area contributed by atoms with Crippen molar-refractivity contribution in [2.45, 2.75) is 50.1 Å². The molecule has 4 aliphatic heterocycles. The van der Waals surface area contributed by atoms with Gasteiger partial charge >= 0.3 is 0 Å². The van der Waals surface area contributed by atoms with Crippen LogP contribution in [-0.2, 0) is 16.1 Å². The zero-order valence-electron chi connectivity index (χ0n) is 28.9. The van der Waals surface area contributed by atoms with E-state index in [9.17, 15) is 19.5 Å². The Morgan fingerprint density at radius 3 is 2.56 bits per heavy atom. The van der Waals surface area contributed by atoms with Gasteiger partial charge in [-0.05, 0) is 71.8 Å². The third kappa shape index (κ3) is 6.99. The summed E-state index contributed by atoms with van der Waals surface area (Å²) in [6, 6.07) is 29.3. The summed E-state index contributed by atoms with van der Waals surface area (Å²) in [5.74, 6) is 8.37. The van der Waals surface area contributed by atoms with Gasteiger partial charge in [-0.1, -0.05) is 60.4 Å². The number of carbonyl (C=O) groups excluding carboxylic acids is 3. The average molecular weight is 696 g/mol. The lowest BCUT2D eigenvalue weighted by molar-refractivity contribution is -0.136. The van der Waals surface area contributed by atoms with E-state index in [0.29, 0.717) is 37.7 Å². The van der Waals surface area contributed by atoms with Crippen LogP contribution in [0.3, 0.4) is 0 Å². The number of rotatable bonds is 9. The monoisotopic (exact) mass is 695 g/mol. The van der Waals surface area contributed by atoms with E-state index in [-0.39, 0.29) is 35.8 Å². The maximum Gasteiger partial charge on any atom is 0.255 e. The van der Waals surface area contributed by atoms with Gasteiger partial charge in [0.05, 0.1) is 6.61 Å². The standard InChI is InChI=1S/C43H41N3O6/c47-33-13-17-36-39(23-33)52-27-37(30-8-2-1-3-9-30)41(36)31-11-14-34(15-12-31)51-21-20-45-24-29(25-45)7-5-4-6-28-10-16-35-32(22-28)26-46(43(35)50)38-18-19-40(48)44-42(38)49/h1-3,8-17,22-23,29,37-38,41,47H,5,7,18-21,24-27H2,(H,44,48,49)/t37-,38?,41-/m1/s1. The number of piperidine rings is 1. The third-order valence-corrected chi connectivity index (χ3v) is 10.8. The summed E-state index contributed by atoms with van der Waals surface area (Å²) >= 11 is 0. The first kappa shape index (κ1) is 33.5. The Morgan fingerprint density at radius 1 is 0.923 bits per heavy atom. The highest BCUT2D eigenvalue weighted by atomic mass is 16.5. The molecule has 0 spiro atoms. The molecule has 4 heterocycles. The number of hydrogen-bond donors (Lipinski definition) is 2. The van der Waals surface area contributed by atoms with Crippen molar-refractivity contribution < 1.29 is 29.0 Å². The number of nitrogens with one attached hydrogen (secondary N) is 1. The third-order valence-electron chi connectivity index (χ3n) is 10.8. The lowest BCUT2D eigenvalue weighted by Gasteiger charge is -2.39. The molecule has 4 aromatic rings. The van der Waals surface area contributed by atoms with Crippen LogP contribution in [0, 0.1) is 17.8 Å². The molecule has 0 saturated carbocycles. The zero-order chi connectivity index (χ0) is 35.6. The van der Waals surface area contributed by atoms with Gasteiger partial charge in [-0.15, -0.1) is 0 Å². The molecule has 0 bridgehead atoms. The van der Waals surface area contributed by atoms with Crippen LogP contribution in [0.4, 0.5) is 0 Å². The Bertz CT molecular complexity index is 2050. The van der Waals surface area contributed by atoms with E-state index in [0.717, 1.165) is 60.7 Å². The maximum atomic E-state index is 12.9. The van der Waals surface area contributed by atoms with Gasteiger partial charge in [0, 0.05) is 73.6 Å². The number of ether oxygens (including phenoxy) is 2. The summed E-state index contributed by atoms with van der Waals surface area (Å²) < 4.78 is 12.3. The highest BCUT2D eigenvalue weighted by Crippen LogP contribution is 2.47. The Balaban J connectivity index is 0.785. The van der Waals surface area contributed by atoms with Gasteiger partial charge in [0.1, 0.15) is 29.9 Å². The molecular weight excluding hydrogens is 654 g/mol. The first-order chi connectivity index (χ1) is 25.4. The molecule has 0 aliphatic carbocycles. The summed E-state index contributed by atoms with van der Waals surface area (Å²) in [5.41, 5.74) is 5.83. The van der Waals surface area contributed by atoms with Gasteiger partial charge in [-0.3, -0.25) is 24.6 Å². The lowest BCUT2D eigenvalue weighted by atomic mass is 9.76. The Hall–Kier alpha value is -5.59. The molecule has 0 radical (unpaired) electrons. The number of fused-ring (bicyclic) bond motifs is 2. The summed E-state index contributed by atoms with van der Waals surface area (Å²) in [5, 5.41) is 12.4. The van der Waals surface area contributed by atoms with Gasteiger partial charge in [-0.25, -0.2) is 0 Å². The van der Waals surface area contributed by atoms with Crippen molar-refractivity contribution in [1.29, 1.82) is 0 Å². The van der Waals surface area contributed by atoms with E-state index in [1.807, 2.05) is 24.3 Å². The molecule has 2 saturated heterocycles. The van der Waals surface area contributed by atoms with E-state index in [1.165, 1.54) is 11.1 Å². The summed E-state index contributed by atoms with van der Waals surface area (Å²) in [6.45, 7) is 4.48. The molecule has 8 rings (SSSR count). The number of phenols is 1. The number of phenolic OH excluding ortho intramolecular Hbond substituents is 1. The van der Waals surface area contributed by atoms with Crippen LogP contribution < -0.4 is 14.8 Å². The van der Waals surface area contributed by atoms with E-state index >= 15 is 0 Å². The van der Waals surface area contributed by atoms with E-state index in [4.69, 9.17) is 9.47 Å². The largest absolute Gasteiger partial charge is 0.508 e. The van der Waals surface area contributed by atoms with E-state index < -0.39 is 11.9 Å². The van der Waals surface area contributed by atoms with Crippen molar-refractivity contribution in [3.8, 4) is 29.1 Å². The van der Waals surface area contributed by atoms with Gasteiger partial charge in [0.15, 0.2) is 0 Å². The minimum Gasteiger partial charge on any atom is -0.508 e. The van der Waals surface area contributed by atoms with Crippen molar-refractivity contribution >= 4 is 17.7 Å². The molecule has 3 atom stereocenters. The van der Waals surface area contributed by atoms with Crippen LogP contribution >= 0.6 is 0 Å². The minimum atomic E-state index is -0.610. The molecule has 4 aromatic carbocycles. The van der Waals surface area contributed by atoms with E-state index in [1.54, 1.807) is 23.1 Å². The summed E-state index contributed by atoms with van der Waals surface area (Å²) in [7, 11) is 0. The molecular formula is C43H41N3O6. The van der Waals surface area contributed by atoms with Gasteiger partial charge < -0.3 is 19.5 Å². The Kier molecular flexibility index (Phi) is 9.40. The maximum absolute atomic E-state index is 12.9. The van der Waals surface area contributed by atoms with Crippen LogP contribution in [0.25, 0.3) is 0 Å². The van der Waals surface area contributed by atoms with Crippen LogP contribution in [-0.4, -0.2) is 71.5 Å². The predicted octanol–water partition coefficient (Wildman–Crippen LogP) is 5.60. The van der Waals surface area contributed by atoms with Crippen LogP contribution in [0.5, 0.6) is 17.2 Å². The summed E-state index contributed by atoms with van der Waals surface area (Å²) in [4.78, 5) is 40.8. The van der Waals surface area contributed by atoms with Crippen LogP contribution in [0.15, 0.2) is 91.0 Å². The predicted molar refractivity (Wildman–Crippen MR) is 195 cm³/mol. The second-order valence-corrected chi connectivity index (χ2v) is 14.2. The fraction of sp³-hybridized carbons (Fsp3) is 0.326. The highest BCUT2D eigenvalue weighted by molar-refractivity contribution is 6.05. The summed E-state index contributed by atoms with van der Waals surface area (Å²) in [6.07, 6.45) is 2.45. The molecule has 9 heteroatoms. The average Bonchev–Trinajstić information content (AvgIpc) is 3.46. The number of hydrogen-bond acceptors (Lipinski definition) is 7. The molecule has 264 valence electrons. The zero-order valence-corrected chi connectivity index (χ0v) is 28.9. The number of nitrogens with zero attached hydrogens (tertiary/aromatic N) is 2. The van der Waals surface area contributed by atoms with E-state index in [2.05, 4.69) is 70.6 Å². The van der Waals surface area contributed by atoms with Gasteiger partial charge in [0.25, 0.3) is 5.91 Å². The van der Waals surface area contributed by atoms with Crippen molar-refractivity contribution in [2.75, 3.05) is 32.8 Å². The van der Waals surface area contributed by atoms with Crippen molar-refractivity contribution in [2.24, 2.45) is 5.92 Å². The molecule has 1 unspecified atom stereocenters. The van der Waals surface area contributed by atoms with Gasteiger partial charge in [0.2, 0.25) is 11.8 Å². The number of benzene rings is 4. The SMILES string of the molecule is O=C1CCC(N2Cc3cc(C#CCCC4CN(CCOc5ccc([C@@H]6c7ccc(O)cc7OC[C@@H]6c6ccccc6)cc5)C4)ccc3C2=O)C(=O)N1. The molecule has 2 fully saturated rings. The molecule has 4 aliphatic rings. The molecule has 52 heavy (non-hydrogen) atoms. The van der Waals surface area contributed by atoms with Crippen molar-refractivity contribution in [3.05, 3.63) is 124 Å². The molecule has 3 amide bonds. The number of carbonyl (C=O) groups is 3. The van der Waals surface area contributed by atoms with Crippen LogP contribution in [0.2, 0.25) is 0 Å². The molecule has 9 nitrogen and oxygen atoms in total. The number of aromatic hydroxyl groups is 1. The lowest BCUT2D eigenvalue weighted by Crippen LogP contribution is -2.52. The molecule has 2 N–H and O–H groups in total. The Morgan fingerprint density at radius 2 is 1.75 bits per heavy atom. The highest BCUT2D eigenvalue weighted by Gasteiger charge is 2.39.